The molecule has 0 amide bonds. The fraction of sp³-hybridized carbons (Fsp3) is 0.333. The van der Waals surface area contributed by atoms with E-state index in [1.165, 1.54) is 5.56 Å². The Morgan fingerprint density at radius 2 is 2.25 bits per heavy atom. The number of rotatable bonds is 3. The van der Waals surface area contributed by atoms with Gasteiger partial charge in [-0.1, -0.05) is 43.8 Å². The molecule has 1 N–H and O–H groups in total. The highest BCUT2D eigenvalue weighted by molar-refractivity contribution is 9.10. The first kappa shape index (κ1) is 13.8. The van der Waals surface area contributed by atoms with Crippen LogP contribution in [0.15, 0.2) is 28.7 Å². The van der Waals surface area contributed by atoms with Gasteiger partial charge in [0.25, 0.3) is 0 Å². The Morgan fingerprint density at radius 3 is 3.00 bits per heavy atom. The lowest BCUT2D eigenvalue weighted by atomic mass is 10.1. The zero-order valence-corrected chi connectivity index (χ0v) is 13.6. The number of nitrogens with one attached hydrogen (secondary N) is 1. The number of hydrogen-bond donors (Lipinski definition) is 1. The molecule has 1 aromatic carbocycles. The van der Waals surface area contributed by atoms with Crippen LogP contribution in [0.5, 0.6) is 5.75 Å². The summed E-state index contributed by atoms with van der Waals surface area (Å²) in [7, 11) is 0. The van der Waals surface area contributed by atoms with Gasteiger partial charge in [-0.2, -0.15) is 0 Å². The van der Waals surface area contributed by atoms with Crippen molar-refractivity contribution in [3.05, 3.63) is 50.5 Å². The lowest BCUT2D eigenvalue weighted by molar-refractivity contribution is 0.227. The van der Waals surface area contributed by atoms with Crippen molar-refractivity contribution in [1.29, 1.82) is 0 Å². The van der Waals surface area contributed by atoms with E-state index in [0.717, 1.165) is 41.0 Å². The summed E-state index contributed by atoms with van der Waals surface area (Å²) in [6.07, 6.45) is 2.76. The van der Waals surface area contributed by atoms with Crippen molar-refractivity contribution in [2.75, 3.05) is 0 Å². The third-order valence-corrected chi connectivity index (χ3v) is 4.82. The Morgan fingerprint density at radius 1 is 1.45 bits per heavy atom. The van der Waals surface area contributed by atoms with E-state index in [4.69, 9.17) is 17.0 Å². The summed E-state index contributed by atoms with van der Waals surface area (Å²) in [5.74, 6) is 1.76. The molecule has 0 aliphatic carbocycles. The van der Waals surface area contributed by atoms with Crippen LogP contribution in [-0.4, -0.2) is 9.97 Å². The van der Waals surface area contributed by atoms with Gasteiger partial charge in [-0.25, -0.2) is 4.98 Å². The average Bonchev–Trinajstić information content (AvgIpc) is 2.87. The van der Waals surface area contributed by atoms with Gasteiger partial charge < -0.3 is 9.72 Å². The normalized spacial score (nSPS) is 16.8. The van der Waals surface area contributed by atoms with Crippen LogP contribution in [0.4, 0.5) is 0 Å². The zero-order valence-electron chi connectivity index (χ0n) is 11.1. The van der Waals surface area contributed by atoms with E-state index in [1.807, 2.05) is 18.2 Å². The van der Waals surface area contributed by atoms with Gasteiger partial charge in [0.15, 0.2) is 6.10 Å². The van der Waals surface area contributed by atoms with E-state index in [2.05, 4.69) is 38.9 Å². The molecule has 0 fully saturated rings. The van der Waals surface area contributed by atoms with E-state index >= 15 is 0 Å². The fourth-order valence-corrected chi connectivity index (χ4v) is 3.04. The van der Waals surface area contributed by atoms with Gasteiger partial charge in [-0.05, 0) is 34.0 Å². The molecule has 1 unspecified atom stereocenters. The Kier molecular flexibility index (Phi) is 3.89. The summed E-state index contributed by atoms with van der Waals surface area (Å²) in [6.45, 7) is 2.14. The number of H-pyrrole nitrogens is 1. The maximum Gasteiger partial charge on any atom is 0.160 e. The van der Waals surface area contributed by atoms with Gasteiger partial charge >= 0.3 is 0 Å². The lowest BCUT2D eigenvalue weighted by Crippen LogP contribution is -2.11. The molecular weight excluding hydrogens is 336 g/mol. The van der Waals surface area contributed by atoms with E-state index in [0.29, 0.717) is 4.64 Å². The first-order valence-corrected chi connectivity index (χ1v) is 7.92. The zero-order chi connectivity index (χ0) is 14.1. The molecule has 20 heavy (non-hydrogen) atoms. The number of fused-ring (bicyclic) bond motifs is 1. The molecule has 0 bridgehead atoms. The minimum Gasteiger partial charge on any atom is -0.482 e. The van der Waals surface area contributed by atoms with Gasteiger partial charge in [0.1, 0.15) is 16.2 Å². The number of aromatic nitrogens is 2. The molecule has 0 saturated carbocycles. The number of aryl methyl sites for hydroxylation is 1. The summed E-state index contributed by atoms with van der Waals surface area (Å²) in [6, 6.07) is 8.11. The predicted molar refractivity (Wildman–Crippen MR) is 84.6 cm³/mol. The predicted octanol–water partition coefficient (Wildman–Crippen LogP) is 4.53. The fourth-order valence-electron chi connectivity index (χ4n) is 2.43. The van der Waals surface area contributed by atoms with Crippen LogP contribution >= 0.6 is 28.1 Å². The highest BCUT2D eigenvalue weighted by Gasteiger charge is 2.26. The van der Waals surface area contributed by atoms with E-state index in [9.17, 15) is 0 Å². The van der Waals surface area contributed by atoms with Gasteiger partial charge in [0, 0.05) is 12.1 Å². The molecule has 2 heterocycles. The summed E-state index contributed by atoms with van der Waals surface area (Å²) < 4.78 is 7.46. The number of halogens is 1. The molecule has 1 aliphatic rings. The second kappa shape index (κ2) is 5.66. The second-order valence-corrected chi connectivity index (χ2v) is 6.07. The van der Waals surface area contributed by atoms with Crippen molar-refractivity contribution in [1.82, 2.24) is 9.97 Å². The van der Waals surface area contributed by atoms with Crippen molar-refractivity contribution >= 4 is 28.1 Å². The monoisotopic (exact) mass is 350 g/mol. The van der Waals surface area contributed by atoms with Crippen molar-refractivity contribution in [2.24, 2.45) is 0 Å². The van der Waals surface area contributed by atoms with Crippen molar-refractivity contribution in [3.63, 3.8) is 0 Å². The maximum absolute atomic E-state index is 5.97. The van der Waals surface area contributed by atoms with Crippen LogP contribution in [0.2, 0.25) is 0 Å². The molecule has 1 aliphatic heterocycles. The van der Waals surface area contributed by atoms with Crippen LogP contribution in [0.1, 0.15) is 36.5 Å². The third kappa shape index (κ3) is 2.52. The summed E-state index contributed by atoms with van der Waals surface area (Å²) >= 11 is 8.84. The molecule has 5 heteroatoms. The minimum atomic E-state index is -0.0715. The molecule has 2 aromatic rings. The van der Waals surface area contributed by atoms with Gasteiger partial charge in [-0.15, -0.1) is 0 Å². The number of aromatic amines is 1. The maximum atomic E-state index is 5.97. The standard InChI is InChI=1S/C15H15BrN2OS/c1-2-5-10-13(16)15(20)18-14(17-10)12-8-9-6-3-4-7-11(9)19-12/h3-4,6-7,12H,2,5,8H2,1H3,(H,17,18,20). The quantitative estimate of drug-likeness (QED) is 0.826. The summed E-state index contributed by atoms with van der Waals surface area (Å²) in [5, 5.41) is 0. The van der Waals surface area contributed by atoms with Crippen molar-refractivity contribution in [2.45, 2.75) is 32.3 Å². The van der Waals surface area contributed by atoms with Gasteiger partial charge in [0.05, 0.1) is 4.47 Å². The van der Waals surface area contributed by atoms with E-state index < -0.39 is 0 Å². The van der Waals surface area contributed by atoms with Crippen LogP contribution in [-0.2, 0) is 12.8 Å². The molecule has 1 atom stereocenters. The molecular formula is C15H15BrN2OS. The molecule has 1 aromatic heterocycles. The number of hydrogen-bond acceptors (Lipinski definition) is 3. The first-order valence-electron chi connectivity index (χ1n) is 6.72. The average molecular weight is 351 g/mol. The largest absolute Gasteiger partial charge is 0.482 e. The topological polar surface area (TPSA) is 37.9 Å². The highest BCUT2D eigenvalue weighted by atomic mass is 79.9. The Bertz CT molecular complexity index is 674. The molecule has 0 spiro atoms. The van der Waals surface area contributed by atoms with Crippen LogP contribution in [0, 0.1) is 4.64 Å². The Labute approximate surface area is 131 Å². The molecule has 0 radical (unpaired) electrons. The molecule has 3 rings (SSSR count). The first-order chi connectivity index (χ1) is 9.69. The SMILES string of the molecule is CCCc1[nH]c(C2Cc3ccccc3O2)nc(=S)c1Br. The third-order valence-electron chi connectivity index (χ3n) is 3.41. The van der Waals surface area contributed by atoms with E-state index in [-0.39, 0.29) is 6.10 Å². The Balaban J connectivity index is 1.95. The molecule has 3 nitrogen and oxygen atoms in total. The summed E-state index contributed by atoms with van der Waals surface area (Å²) in [4.78, 5) is 7.85. The van der Waals surface area contributed by atoms with Gasteiger partial charge in [-0.3, -0.25) is 0 Å². The minimum absolute atomic E-state index is 0.0715. The number of ether oxygens (including phenoxy) is 1. The molecule has 104 valence electrons. The lowest BCUT2D eigenvalue weighted by Gasteiger charge is -2.13. The van der Waals surface area contributed by atoms with Crippen molar-refractivity contribution in [3.8, 4) is 5.75 Å². The van der Waals surface area contributed by atoms with Crippen LogP contribution in [0.25, 0.3) is 0 Å². The van der Waals surface area contributed by atoms with Crippen molar-refractivity contribution < 1.29 is 4.74 Å². The second-order valence-electron chi connectivity index (χ2n) is 4.89. The number of nitrogens with zero attached hydrogens (tertiary/aromatic N) is 1. The number of benzene rings is 1. The smallest absolute Gasteiger partial charge is 0.160 e. The summed E-state index contributed by atoms with van der Waals surface area (Å²) in [5.41, 5.74) is 2.32. The van der Waals surface area contributed by atoms with E-state index in [1.54, 1.807) is 0 Å². The van der Waals surface area contributed by atoms with Crippen LogP contribution < -0.4 is 4.74 Å². The van der Waals surface area contributed by atoms with Gasteiger partial charge in [0.2, 0.25) is 0 Å². The Hall–Kier alpha value is -1.20. The molecule has 0 saturated heterocycles. The van der Waals surface area contributed by atoms with Crippen LogP contribution in [0.3, 0.4) is 0 Å². The number of para-hydroxylation sites is 1. The highest BCUT2D eigenvalue weighted by Crippen LogP contribution is 2.35.